The van der Waals surface area contributed by atoms with Crippen LogP contribution in [0, 0.1) is 13.8 Å². The zero-order valence-electron chi connectivity index (χ0n) is 10.5. The number of para-hydroxylation sites is 1. The predicted molar refractivity (Wildman–Crippen MR) is 68.9 cm³/mol. The lowest BCUT2D eigenvalue weighted by Crippen LogP contribution is -2.24. The standard InChI is InChI=1S/C12H19NO3S/c1-10-6-4-7-11(2)12(10)16-9-5-8-13-17(3,14)15/h4,6-7,13H,5,8-9H2,1-3H3. The Bertz CT molecular complexity index is 448. The summed E-state index contributed by atoms with van der Waals surface area (Å²) in [5, 5.41) is 0. The van der Waals surface area contributed by atoms with Crippen LogP contribution in [0.25, 0.3) is 0 Å². The quantitative estimate of drug-likeness (QED) is 0.788. The highest BCUT2D eigenvalue weighted by Gasteiger charge is 2.03. The summed E-state index contributed by atoms with van der Waals surface area (Å²) in [7, 11) is -3.09. The van der Waals surface area contributed by atoms with Gasteiger partial charge in [0.1, 0.15) is 5.75 Å². The second kappa shape index (κ2) is 6.02. The molecule has 0 atom stereocenters. The Morgan fingerprint density at radius 2 is 1.82 bits per heavy atom. The highest BCUT2D eigenvalue weighted by atomic mass is 32.2. The number of aryl methyl sites for hydroxylation is 2. The molecule has 1 rings (SSSR count). The maximum absolute atomic E-state index is 10.8. The van der Waals surface area contributed by atoms with E-state index in [0.29, 0.717) is 19.6 Å². The molecule has 0 saturated heterocycles. The first-order chi connectivity index (χ1) is 7.90. The molecule has 4 nitrogen and oxygen atoms in total. The van der Waals surface area contributed by atoms with Crippen LogP contribution >= 0.6 is 0 Å². The van der Waals surface area contributed by atoms with Gasteiger partial charge in [0.2, 0.25) is 10.0 Å². The SMILES string of the molecule is Cc1cccc(C)c1OCCCNS(C)(=O)=O. The number of hydrogen-bond acceptors (Lipinski definition) is 3. The van der Waals surface area contributed by atoms with E-state index in [0.717, 1.165) is 23.1 Å². The number of nitrogens with one attached hydrogen (secondary N) is 1. The van der Waals surface area contributed by atoms with Crippen LogP contribution in [0.4, 0.5) is 0 Å². The molecule has 0 unspecified atom stereocenters. The lowest BCUT2D eigenvalue weighted by molar-refractivity contribution is 0.307. The molecule has 0 bridgehead atoms. The molecule has 1 aromatic rings. The normalized spacial score (nSPS) is 11.5. The van der Waals surface area contributed by atoms with Gasteiger partial charge in [0, 0.05) is 6.54 Å². The van der Waals surface area contributed by atoms with Gasteiger partial charge in [-0.2, -0.15) is 0 Å². The van der Waals surface area contributed by atoms with Gasteiger partial charge in [-0.1, -0.05) is 18.2 Å². The van der Waals surface area contributed by atoms with Crippen molar-refractivity contribution in [2.24, 2.45) is 0 Å². The first-order valence-electron chi connectivity index (χ1n) is 5.54. The monoisotopic (exact) mass is 257 g/mol. The van der Waals surface area contributed by atoms with Crippen LogP contribution in [0.3, 0.4) is 0 Å². The van der Waals surface area contributed by atoms with Gasteiger partial charge >= 0.3 is 0 Å². The fraction of sp³-hybridized carbons (Fsp3) is 0.500. The summed E-state index contributed by atoms with van der Waals surface area (Å²) in [6.07, 6.45) is 1.81. The molecule has 0 aliphatic heterocycles. The summed E-state index contributed by atoms with van der Waals surface area (Å²) in [6.45, 7) is 4.91. The first-order valence-corrected chi connectivity index (χ1v) is 7.43. The molecule has 0 aliphatic rings. The largest absolute Gasteiger partial charge is 0.493 e. The van der Waals surface area contributed by atoms with Crippen LogP contribution in [0.15, 0.2) is 18.2 Å². The van der Waals surface area contributed by atoms with Crippen molar-refractivity contribution in [1.82, 2.24) is 4.72 Å². The van der Waals surface area contributed by atoms with Crippen molar-refractivity contribution in [1.29, 1.82) is 0 Å². The van der Waals surface area contributed by atoms with Crippen LogP contribution in [0.1, 0.15) is 17.5 Å². The molecule has 5 heteroatoms. The maximum Gasteiger partial charge on any atom is 0.208 e. The maximum atomic E-state index is 10.8. The summed E-state index contributed by atoms with van der Waals surface area (Å²) in [5.74, 6) is 0.895. The lowest BCUT2D eigenvalue weighted by Gasteiger charge is -2.11. The van der Waals surface area contributed by atoms with Gasteiger partial charge in [0.25, 0.3) is 0 Å². The molecular formula is C12H19NO3S. The van der Waals surface area contributed by atoms with Gasteiger partial charge in [0.15, 0.2) is 0 Å². The molecule has 0 radical (unpaired) electrons. The molecule has 0 fully saturated rings. The highest BCUT2D eigenvalue weighted by molar-refractivity contribution is 7.88. The Kier molecular flexibility index (Phi) is 4.96. The van der Waals surface area contributed by atoms with Gasteiger partial charge in [-0.15, -0.1) is 0 Å². The molecule has 1 N–H and O–H groups in total. The Hall–Kier alpha value is -1.07. The van der Waals surface area contributed by atoms with Crippen LogP contribution in [-0.4, -0.2) is 27.8 Å². The third-order valence-corrected chi connectivity index (χ3v) is 3.07. The highest BCUT2D eigenvalue weighted by Crippen LogP contribution is 2.22. The predicted octanol–water partition coefficient (Wildman–Crippen LogP) is 1.62. The van der Waals surface area contributed by atoms with Crippen molar-refractivity contribution in [3.8, 4) is 5.75 Å². The van der Waals surface area contributed by atoms with E-state index in [2.05, 4.69) is 4.72 Å². The van der Waals surface area contributed by atoms with E-state index in [9.17, 15) is 8.42 Å². The van der Waals surface area contributed by atoms with Crippen molar-refractivity contribution < 1.29 is 13.2 Å². The molecule has 17 heavy (non-hydrogen) atoms. The molecule has 1 aromatic carbocycles. The fourth-order valence-electron chi connectivity index (χ4n) is 1.53. The summed E-state index contributed by atoms with van der Waals surface area (Å²) >= 11 is 0. The smallest absolute Gasteiger partial charge is 0.208 e. The number of sulfonamides is 1. The Labute approximate surface area is 103 Å². The fourth-order valence-corrected chi connectivity index (χ4v) is 2.05. The topological polar surface area (TPSA) is 55.4 Å². The minimum atomic E-state index is -3.09. The van der Waals surface area contributed by atoms with Gasteiger partial charge in [-0.25, -0.2) is 13.1 Å². The van der Waals surface area contributed by atoms with E-state index in [1.54, 1.807) is 0 Å². The van der Waals surface area contributed by atoms with Crippen molar-refractivity contribution >= 4 is 10.0 Å². The number of ether oxygens (including phenoxy) is 1. The van der Waals surface area contributed by atoms with Gasteiger partial charge in [-0.05, 0) is 31.4 Å². The van der Waals surface area contributed by atoms with E-state index in [4.69, 9.17) is 4.74 Å². The zero-order valence-corrected chi connectivity index (χ0v) is 11.3. The summed E-state index contributed by atoms with van der Waals surface area (Å²) in [4.78, 5) is 0. The number of hydrogen-bond donors (Lipinski definition) is 1. The molecule has 0 amide bonds. The molecule has 0 spiro atoms. The van der Waals surface area contributed by atoms with E-state index in [1.165, 1.54) is 0 Å². The minimum Gasteiger partial charge on any atom is -0.493 e. The van der Waals surface area contributed by atoms with E-state index in [1.807, 2.05) is 32.0 Å². The summed E-state index contributed by atoms with van der Waals surface area (Å²) < 4.78 is 29.7. The van der Waals surface area contributed by atoms with Gasteiger partial charge in [0.05, 0.1) is 12.9 Å². The number of rotatable bonds is 6. The molecule has 0 saturated carbocycles. The molecule has 96 valence electrons. The van der Waals surface area contributed by atoms with Crippen LogP contribution in [-0.2, 0) is 10.0 Å². The van der Waals surface area contributed by atoms with Crippen LogP contribution in [0.2, 0.25) is 0 Å². The second-order valence-electron chi connectivity index (χ2n) is 4.09. The van der Waals surface area contributed by atoms with Crippen LogP contribution in [0.5, 0.6) is 5.75 Å². The van der Waals surface area contributed by atoms with Crippen molar-refractivity contribution in [3.05, 3.63) is 29.3 Å². The Morgan fingerprint density at radius 3 is 2.35 bits per heavy atom. The molecule has 0 heterocycles. The van der Waals surface area contributed by atoms with E-state index < -0.39 is 10.0 Å². The third-order valence-electron chi connectivity index (χ3n) is 2.34. The average molecular weight is 257 g/mol. The van der Waals surface area contributed by atoms with Crippen molar-refractivity contribution in [2.75, 3.05) is 19.4 Å². The second-order valence-corrected chi connectivity index (χ2v) is 5.92. The van der Waals surface area contributed by atoms with Crippen molar-refractivity contribution in [2.45, 2.75) is 20.3 Å². The van der Waals surface area contributed by atoms with E-state index in [-0.39, 0.29) is 0 Å². The van der Waals surface area contributed by atoms with Gasteiger partial charge < -0.3 is 4.74 Å². The number of benzene rings is 1. The minimum absolute atomic E-state index is 0.407. The zero-order chi connectivity index (χ0) is 12.9. The lowest BCUT2D eigenvalue weighted by atomic mass is 10.1. The van der Waals surface area contributed by atoms with Crippen molar-refractivity contribution in [3.63, 3.8) is 0 Å². The Balaban J connectivity index is 2.37. The van der Waals surface area contributed by atoms with E-state index >= 15 is 0 Å². The Morgan fingerprint density at radius 1 is 1.24 bits per heavy atom. The third kappa shape index (κ3) is 5.19. The molecular weight excluding hydrogens is 238 g/mol. The average Bonchev–Trinajstić information content (AvgIpc) is 2.20. The molecule has 0 aromatic heterocycles. The summed E-state index contributed by atoms with van der Waals surface area (Å²) in [5.41, 5.74) is 2.20. The first kappa shape index (κ1) is 14.0. The van der Waals surface area contributed by atoms with Gasteiger partial charge in [-0.3, -0.25) is 0 Å². The summed E-state index contributed by atoms with van der Waals surface area (Å²) in [6, 6.07) is 5.98. The van der Waals surface area contributed by atoms with Crippen LogP contribution < -0.4 is 9.46 Å². The molecule has 0 aliphatic carbocycles.